The molecule has 1 aliphatic rings. The molecule has 0 aromatic heterocycles. The second-order valence-electron chi connectivity index (χ2n) is 18.1. The topological polar surface area (TPSA) is 63.2 Å². The summed E-state index contributed by atoms with van der Waals surface area (Å²) in [6.45, 7) is 32.0. The monoisotopic (exact) mass is 726 g/mol. The van der Waals surface area contributed by atoms with Crippen LogP contribution in [0.4, 0.5) is 0 Å². The van der Waals surface area contributed by atoms with Crippen LogP contribution in [0.2, 0.25) is 5.02 Å². The highest BCUT2D eigenvalue weighted by Gasteiger charge is 2.44. The number of benzene rings is 3. The molecule has 4 rings (SSSR count). The minimum atomic E-state index is -3.85. The summed E-state index contributed by atoms with van der Waals surface area (Å²) in [6.07, 6.45) is 0.777. The largest absolute Gasteiger partial charge is 0.496 e. The SMILES string of the molecule is CCCOc1cc(P(=O)(c2cc(C(C)(C)C)c(OC)c(C(C)(C)C)c2)c2cc(C(C)(C)C)c(OC)c(C(C)(C)C)c2)c(Cl)c2c1OC(C)(C)O2. The molecule has 276 valence electrons. The maximum Gasteiger partial charge on any atom is 0.246 e. The molecular formula is C42H60ClO6P. The van der Waals surface area contributed by atoms with Gasteiger partial charge in [0, 0.05) is 52.0 Å². The number of halogens is 1. The fraction of sp³-hybridized carbons (Fsp3) is 0.571. The quantitative estimate of drug-likeness (QED) is 0.215. The standard InChI is InChI=1S/C42H60ClO6P/c1-18-19-47-31-24-32(33(43)37-36(31)48-42(14,15)49-37)50(44,25-20-27(38(2,3)4)34(45-16)28(21-25)39(5,6)7)26-22-29(40(8,9)10)35(46-17)30(23-26)41(11,12)13/h20-24H,18-19H2,1-17H3. The van der Waals surface area contributed by atoms with Crippen LogP contribution in [0, 0.1) is 0 Å². The van der Waals surface area contributed by atoms with Crippen molar-refractivity contribution in [1.82, 2.24) is 0 Å². The summed E-state index contributed by atoms with van der Waals surface area (Å²) < 4.78 is 48.2. The van der Waals surface area contributed by atoms with Gasteiger partial charge in [-0.1, -0.05) is 102 Å². The maximum absolute atomic E-state index is 17.0. The van der Waals surface area contributed by atoms with E-state index in [1.54, 1.807) is 14.2 Å². The van der Waals surface area contributed by atoms with Crippen molar-refractivity contribution in [3.8, 4) is 28.7 Å². The van der Waals surface area contributed by atoms with Gasteiger partial charge in [-0.2, -0.15) is 0 Å². The molecule has 0 amide bonds. The van der Waals surface area contributed by atoms with Gasteiger partial charge in [0.05, 0.1) is 25.8 Å². The summed E-state index contributed by atoms with van der Waals surface area (Å²) in [4.78, 5) is 0. The Bertz CT molecular complexity index is 1650. The molecule has 0 aliphatic carbocycles. The van der Waals surface area contributed by atoms with Crippen LogP contribution in [0.15, 0.2) is 30.3 Å². The van der Waals surface area contributed by atoms with Gasteiger partial charge >= 0.3 is 0 Å². The summed E-state index contributed by atoms with van der Waals surface area (Å²) in [6, 6.07) is 10.1. The lowest BCUT2D eigenvalue weighted by atomic mass is 9.79. The lowest BCUT2D eigenvalue weighted by Gasteiger charge is -2.34. The molecule has 1 heterocycles. The van der Waals surface area contributed by atoms with Crippen molar-refractivity contribution in [1.29, 1.82) is 0 Å². The van der Waals surface area contributed by atoms with Crippen molar-refractivity contribution in [2.24, 2.45) is 0 Å². The van der Waals surface area contributed by atoms with E-state index in [1.807, 2.05) is 26.8 Å². The van der Waals surface area contributed by atoms with Crippen LogP contribution in [0.1, 0.15) is 133 Å². The summed E-state index contributed by atoms with van der Waals surface area (Å²) in [7, 11) is -0.433. The van der Waals surface area contributed by atoms with Gasteiger partial charge in [0.2, 0.25) is 11.5 Å². The summed E-state index contributed by atoms with van der Waals surface area (Å²) >= 11 is 7.43. The fourth-order valence-corrected chi connectivity index (χ4v) is 9.83. The molecular weight excluding hydrogens is 667 g/mol. The summed E-state index contributed by atoms with van der Waals surface area (Å²) in [5, 5.41) is 1.98. The zero-order chi connectivity index (χ0) is 38.0. The van der Waals surface area contributed by atoms with E-state index in [0.29, 0.717) is 39.8 Å². The molecule has 0 saturated heterocycles. The zero-order valence-corrected chi connectivity index (χ0v) is 35.2. The highest BCUT2D eigenvalue weighted by molar-refractivity contribution is 7.85. The van der Waals surface area contributed by atoms with Gasteiger partial charge < -0.3 is 28.2 Å². The first-order valence-corrected chi connectivity index (χ1v) is 19.8. The van der Waals surface area contributed by atoms with Crippen molar-refractivity contribution in [2.45, 2.75) is 138 Å². The van der Waals surface area contributed by atoms with Gasteiger partial charge in [0.25, 0.3) is 0 Å². The first-order valence-electron chi connectivity index (χ1n) is 17.7. The Labute approximate surface area is 306 Å². The third kappa shape index (κ3) is 7.40. The number of rotatable bonds is 8. The van der Waals surface area contributed by atoms with Gasteiger partial charge in [-0.05, 0) is 58.4 Å². The van der Waals surface area contributed by atoms with Gasteiger partial charge in [-0.3, -0.25) is 0 Å². The second kappa shape index (κ2) is 13.3. The maximum atomic E-state index is 17.0. The van der Waals surface area contributed by atoms with Crippen LogP contribution in [-0.2, 0) is 26.2 Å². The zero-order valence-electron chi connectivity index (χ0n) is 33.6. The molecule has 0 radical (unpaired) electrons. The fourth-order valence-electron chi connectivity index (χ4n) is 6.52. The lowest BCUT2D eigenvalue weighted by Crippen LogP contribution is -2.32. The van der Waals surface area contributed by atoms with E-state index in [2.05, 4.69) is 107 Å². The molecule has 1 aliphatic heterocycles. The Hall–Kier alpha value is -2.82. The van der Waals surface area contributed by atoms with Crippen LogP contribution >= 0.6 is 18.7 Å². The van der Waals surface area contributed by atoms with Gasteiger partial charge in [-0.25, -0.2) is 0 Å². The first-order chi connectivity index (χ1) is 22.7. The summed E-state index contributed by atoms with van der Waals surface area (Å²) in [5.74, 6) is 1.81. The molecule has 8 heteroatoms. The molecule has 0 bridgehead atoms. The molecule has 6 nitrogen and oxygen atoms in total. The lowest BCUT2D eigenvalue weighted by molar-refractivity contribution is -0.0440. The van der Waals surface area contributed by atoms with Crippen LogP contribution in [0.5, 0.6) is 28.7 Å². The Kier molecular flexibility index (Phi) is 10.6. The minimum Gasteiger partial charge on any atom is -0.496 e. The van der Waals surface area contributed by atoms with Crippen molar-refractivity contribution < 1.29 is 28.2 Å². The highest BCUT2D eigenvalue weighted by atomic mass is 35.5. The normalized spacial score (nSPS) is 14.9. The van der Waals surface area contributed by atoms with Crippen molar-refractivity contribution in [3.63, 3.8) is 0 Å². The molecule has 0 spiro atoms. The van der Waals surface area contributed by atoms with Crippen LogP contribution < -0.4 is 39.6 Å². The van der Waals surface area contributed by atoms with E-state index in [9.17, 15) is 0 Å². The molecule has 3 aromatic rings. The number of ether oxygens (including phenoxy) is 5. The van der Waals surface area contributed by atoms with Gasteiger partial charge in [-0.15, -0.1) is 0 Å². The second-order valence-corrected chi connectivity index (χ2v) is 21.2. The minimum absolute atomic E-state index is 0.244. The van der Waals surface area contributed by atoms with Crippen molar-refractivity contribution >= 4 is 34.7 Å². The Morgan fingerprint density at radius 1 is 0.660 bits per heavy atom. The number of fused-ring (bicyclic) bond motifs is 1. The van der Waals surface area contributed by atoms with Gasteiger partial charge in [0.15, 0.2) is 18.6 Å². The van der Waals surface area contributed by atoms with E-state index in [0.717, 1.165) is 40.2 Å². The average molecular weight is 727 g/mol. The first kappa shape index (κ1) is 40.0. The van der Waals surface area contributed by atoms with Gasteiger partial charge in [0.1, 0.15) is 11.5 Å². The smallest absolute Gasteiger partial charge is 0.246 e. The number of hydrogen-bond acceptors (Lipinski definition) is 6. The Morgan fingerprint density at radius 2 is 1.02 bits per heavy atom. The molecule has 0 unspecified atom stereocenters. The van der Waals surface area contributed by atoms with E-state index in [1.165, 1.54) is 0 Å². The van der Waals surface area contributed by atoms with E-state index >= 15 is 4.57 Å². The van der Waals surface area contributed by atoms with E-state index in [4.69, 9.17) is 35.3 Å². The van der Waals surface area contributed by atoms with Crippen molar-refractivity contribution in [2.75, 3.05) is 20.8 Å². The van der Waals surface area contributed by atoms with E-state index < -0.39 is 12.9 Å². The Balaban J connectivity index is 2.34. The molecule has 0 N–H and O–H groups in total. The Morgan fingerprint density at radius 3 is 1.34 bits per heavy atom. The average Bonchev–Trinajstić information content (AvgIpc) is 3.32. The number of methoxy groups -OCH3 is 2. The number of hydrogen-bond donors (Lipinski definition) is 0. The summed E-state index contributed by atoms with van der Waals surface area (Å²) in [5.41, 5.74) is 2.50. The molecule has 0 atom stereocenters. The molecule has 0 fully saturated rings. The molecule has 3 aromatic carbocycles. The van der Waals surface area contributed by atoms with Crippen molar-refractivity contribution in [3.05, 3.63) is 57.6 Å². The van der Waals surface area contributed by atoms with E-state index in [-0.39, 0.29) is 26.7 Å². The third-order valence-corrected chi connectivity index (χ3v) is 12.6. The van der Waals surface area contributed by atoms with Crippen LogP contribution in [0.25, 0.3) is 0 Å². The highest BCUT2D eigenvalue weighted by Crippen LogP contribution is 2.57. The van der Waals surface area contributed by atoms with Crippen LogP contribution in [-0.4, -0.2) is 26.6 Å². The predicted molar refractivity (Wildman–Crippen MR) is 210 cm³/mol. The third-order valence-electron chi connectivity index (χ3n) is 9.13. The molecule has 0 saturated carbocycles. The van der Waals surface area contributed by atoms with Crippen LogP contribution in [0.3, 0.4) is 0 Å². The molecule has 50 heavy (non-hydrogen) atoms. The predicted octanol–water partition coefficient (Wildman–Crippen LogP) is 10.5.